The van der Waals surface area contributed by atoms with Gasteiger partial charge in [0, 0.05) is 12.7 Å². The molecule has 0 atom stereocenters. The van der Waals surface area contributed by atoms with E-state index in [0.29, 0.717) is 5.69 Å². The lowest BCUT2D eigenvalue weighted by Gasteiger charge is -2.08. The van der Waals surface area contributed by atoms with Gasteiger partial charge in [0.25, 0.3) is 5.91 Å². The maximum absolute atomic E-state index is 12.2. The minimum Gasteiger partial charge on any atom is -0.478 e. The van der Waals surface area contributed by atoms with E-state index in [1.165, 1.54) is 31.0 Å². The molecule has 8 nitrogen and oxygen atoms in total. The second-order valence-electron chi connectivity index (χ2n) is 4.36. The van der Waals surface area contributed by atoms with Crippen molar-refractivity contribution in [2.24, 2.45) is 7.05 Å². The molecule has 8 heteroatoms. The van der Waals surface area contributed by atoms with E-state index in [-0.39, 0.29) is 16.8 Å². The van der Waals surface area contributed by atoms with Gasteiger partial charge in [-0.3, -0.25) is 9.48 Å². The number of methoxy groups -OCH3 is 1. The van der Waals surface area contributed by atoms with Gasteiger partial charge < -0.3 is 15.2 Å². The average molecular weight is 303 g/mol. The number of carboxylic acids is 1. The Bertz CT molecular complexity index is 751. The molecule has 114 valence electrons. The summed E-state index contributed by atoms with van der Waals surface area (Å²) in [6.45, 7) is 0. The van der Waals surface area contributed by atoms with E-state index < -0.39 is 17.8 Å². The minimum atomic E-state index is -1.25. The van der Waals surface area contributed by atoms with Gasteiger partial charge in [0.2, 0.25) is 0 Å². The third-order valence-electron chi connectivity index (χ3n) is 2.93. The van der Waals surface area contributed by atoms with E-state index in [2.05, 4.69) is 15.2 Å². The first kappa shape index (κ1) is 15.2. The summed E-state index contributed by atoms with van der Waals surface area (Å²) < 4.78 is 5.76. The number of carbonyl (C=O) groups excluding carboxylic acids is 2. The van der Waals surface area contributed by atoms with Crippen molar-refractivity contribution in [3.63, 3.8) is 0 Å². The van der Waals surface area contributed by atoms with E-state index in [4.69, 9.17) is 5.11 Å². The number of rotatable bonds is 4. The van der Waals surface area contributed by atoms with Gasteiger partial charge in [-0.1, -0.05) is 6.07 Å². The van der Waals surface area contributed by atoms with Crippen molar-refractivity contribution in [1.82, 2.24) is 9.78 Å². The first-order valence-corrected chi connectivity index (χ1v) is 6.19. The maximum atomic E-state index is 12.2. The summed E-state index contributed by atoms with van der Waals surface area (Å²) in [5, 5.41) is 15.3. The number of aromatic nitrogens is 2. The highest BCUT2D eigenvalue weighted by Crippen LogP contribution is 2.15. The molecule has 0 aliphatic carbocycles. The first-order chi connectivity index (χ1) is 10.4. The number of anilines is 1. The lowest BCUT2D eigenvalue weighted by atomic mass is 10.2. The fourth-order valence-corrected chi connectivity index (χ4v) is 1.90. The number of amides is 1. The molecule has 0 unspecified atom stereocenters. The van der Waals surface area contributed by atoms with Crippen LogP contribution in [0.4, 0.5) is 5.69 Å². The molecule has 0 saturated carbocycles. The Morgan fingerprint density at radius 2 is 2.05 bits per heavy atom. The molecule has 2 aromatic rings. The highest BCUT2D eigenvalue weighted by molar-refractivity contribution is 6.09. The van der Waals surface area contributed by atoms with Crippen molar-refractivity contribution in [3.8, 4) is 0 Å². The van der Waals surface area contributed by atoms with Crippen LogP contribution in [0.25, 0.3) is 0 Å². The highest BCUT2D eigenvalue weighted by atomic mass is 16.5. The van der Waals surface area contributed by atoms with Gasteiger partial charge in [-0.25, -0.2) is 9.59 Å². The molecule has 2 rings (SSSR count). The largest absolute Gasteiger partial charge is 0.478 e. The number of carboxylic acid groups (broad SMARTS) is 1. The molecule has 1 amide bonds. The molecule has 0 spiro atoms. The van der Waals surface area contributed by atoms with E-state index in [1.807, 2.05) is 0 Å². The summed E-state index contributed by atoms with van der Waals surface area (Å²) in [6, 6.07) is 6.11. The lowest BCUT2D eigenvalue weighted by molar-refractivity contribution is 0.0599. The SMILES string of the molecule is COC(=O)c1cccc(NC(=O)c2c(C(=O)O)cnn2C)c1. The molecule has 0 aliphatic rings. The Hall–Kier alpha value is -3.16. The molecule has 1 aromatic carbocycles. The fourth-order valence-electron chi connectivity index (χ4n) is 1.90. The highest BCUT2D eigenvalue weighted by Gasteiger charge is 2.21. The number of nitrogens with zero attached hydrogens (tertiary/aromatic N) is 2. The maximum Gasteiger partial charge on any atom is 0.339 e. The summed E-state index contributed by atoms with van der Waals surface area (Å²) in [5.41, 5.74) is 0.314. The van der Waals surface area contributed by atoms with Crippen molar-refractivity contribution >= 4 is 23.5 Å². The number of aryl methyl sites for hydroxylation is 1. The van der Waals surface area contributed by atoms with Crippen molar-refractivity contribution in [2.45, 2.75) is 0 Å². The van der Waals surface area contributed by atoms with Crippen LogP contribution >= 0.6 is 0 Å². The number of aromatic carboxylic acids is 1. The van der Waals surface area contributed by atoms with Crippen LogP contribution in [0.1, 0.15) is 31.2 Å². The standard InChI is InChI=1S/C14H13N3O5/c1-17-11(10(7-15-17)13(19)20)12(18)16-9-5-3-4-8(6-9)14(21)22-2/h3-7H,1-2H3,(H,16,18)(H,19,20). The van der Waals surface area contributed by atoms with Gasteiger partial charge in [-0.15, -0.1) is 0 Å². The second-order valence-corrected chi connectivity index (χ2v) is 4.36. The van der Waals surface area contributed by atoms with E-state index in [0.717, 1.165) is 6.20 Å². The van der Waals surface area contributed by atoms with Crippen LogP contribution in [0.5, 0.6) is 0 Å². The van der Waals surface area contributed by atoms with Crippen LogP contribution in [0, 0.1) is 0 Å². The Morgan fingerprint density at radius 1 is 1.32 bits per heavy atom. The molecule has 1 aromatic heterocycles. The summed E-state index contributed by atoms with van der Waals surface area (Å²) in [4.78, 5) is 34.8. The number of nitrogens with one attached hydrogen (secondary N) is 1. The van der Waals surface area contributed by atoms with Crippen molar-refractivity contribution in [1.29, 1.82) is 0 Å². The van der Waals surface area contributed by atoms with E-state index in [1.54, 1.807) is 12.1 Å². The van der Waals surface area contributed by atoms with Crippen LogP contribution in [-0.4, -0.2) is 39.8 Å². The predicted molar refractivity (Wildman–Crippen MR) is 75.9 cm³/mol. The van der Waals surface area contributed by atoms with E-state index in [9.17, 15) is 14.4 Å². The molecular formula is C14H13N3O5. The minimum absolute atomic E-state index is 0.0871. The summed E-state index contributed by atoms with van der Waals surface area (Å²) in [6.07, 6.45) is 1.10. The van der Waals surface area contributed by atoms with E-state index >= 15 is 0 Å². The molecule has 0 radical (unpaired) electrons. The van der Waals surface area contributed by atoms with Gasteiger partial charge in [0.1, 0.15) is 11.3 Å². The lowest BCUT2D eigenvalue weighted by Crippen LogP contribution is -2.19. The Kier molecular flexibility index (Phi) is 4.21. The second kappa shape index (κ2) is 6.08. The third-order valence-corrected chi connectivity index (χ3v) is 2.93. The van der Waals surface area contributed by atoms with Gasteiger partial charge >= 0.3 is 11.9 Å². The molecule has 0 fully saturated rings. The molecule has 0 bridgehead atoms. The third kappa shape index (κ3) is 2.95. The average Bonchev–Trinajstić information content (AvgIpc) is 2.88. The van der Waals surface area contributed by atoms with Crippen LogP contribution in [-0.2, 0) is 11.8 Å². The molecule has 0 aliphatic heterocycles. The molecule has 2 N–H and O–H groups in total. The molecule has 1 heterocycles. The topological polar surface area (TPSA) is 111 Å². The van der Waals surface area contributed by atoms with Crippen molar-refractivity contribution in [2.75, 3.05) is 12.4 Å². The molecule has 22 heavy (non-hydrogen) atoms. The van der Waals surface area contributed by atoms with Gasteiger partial charge in [0.15, 0.2) is 0 Å². The van der Waals surface area contributed by atoms with Crippen LogP contribution in [0.2, 0.25) is 0 Å². The zero-order valence-electron chi connectivity index (χ0n) is 11.9. The number of hydrogen-bond donors (Lipinski definition) is 2. The predicted octanol–water partition coefficient (Wildman–Crippen LogP) is 1.16. The smallest absolute Gasteiger partial charge is 0.339 e. The quantitative estimate of drug-likeness (QED) is 0.820. The summed E-state index contributed by atoms with van der Waals surface area (Å²) in [5.74, 6) is -2.43. The number of carbonyl (C=O) groups is 3. The zero-order valence-corrected chi connectivity index (χ0v) is 11.9. The Morgan fingerprint density at radius 3 is 2.68 bits per heavy atom. The molecule has 0 saturated heterocycles. The van der Waals surface area contributed by atoms with Gasteiger partial charge in [0.05, 0.1) is 18.9 Å². The summed E-state index contributed by atoms with van der Waals surface area (Å²) in [7, 11) is 2.72. The Labute approximate surface area is 125 Å². The van der Waals surface area contributed by atoms with Crippen LogP contribution < -0.4 is 5.32 Å². The number of benzene rings is 1. The Balaban J connectivity index is 2.28. The molecular weight excluding hydrogens is 290 g/mol. The van der Waals surface area contributed by atoms with Crippen LogP contribution in [0.15, 0.2) is 30.5 Å². The number of hydrogen-bond acceptors (Lipinski definition) is 5. The number of esters is 1. The van der Waals surface area contributed by atoms with Crippen LogP contribution in [0.3, 0.4) is 0 Å². The normalized spacial score (nSPS) is 10.1. The van der Waals surface area contributed by atoms with Crippen molar-refractivity contribution < 1.29 is 24.2 Å². The zero-order chi connectivity index (χ0) is 16.3. The van der Waals surface area contributed by atoms with Crippen molar-refractivity contribution in [3.05, 3.63) is 47.3 Å². The fraction of sp³-hybridized carbons (Fsp3) is 0.143. The summed E-state index contributed by atoms with van der Waals surface area (Å²) >= 11 is 0. The van der Waals surface area contributed by atoms with Gasteiger partial charge in [-0.2, -0.15) is 5.10 Å². The monoisotopic (exact) mass is 303 g/mol. The van der Waals surface area contributed by atoms with Gasteiger partial charge in [-0.05, 0) is 18.2 Å². The first-order valence-electron chi connectivity index (χ1n) is 6.19. The number of ether oxygens (including phenoxy) is 1.